The first-order chi connectivity index (χ1) is 19.5. The van der Waals surface area contributed by atoms with Crippen LogP contribution in [0.25, 0.3) is 0 Å². The molecule has 2 heterocycles. The highest BCUT2D eigenvalue weighted by atomic mass is 32.2. The van der Waals surface area contributed by atoms with Gasteiger partial charge in [0, 0.05) is 18.8 Å². The van der Waals surface area contributed by atoms with Crippen LogP contribution in [0.3, 0.4) is 0 Å². The summed E-state index contributed by atoms with van der Waals surface area (Å²) in [6.45, 7) is 1.04. The largest absolute Gasteiger partial charge is 0.497 e. The molecule has 0 radical (unpaired) electrons. The molecule has 3 aromatic rings. The molecule has 208 valence electrons. The summed E-state index contributed by atoms with van der Waals surface area (Å²) in [6, 6.07) is 27.3. The lowest BCUT2D eigenvalue weighted by Crippen LogP contribution is -2.61. The third kappa shape index (κ3) is 6.26. The molecule has 2 N–H and O–H groups in total. The number of carbonyl (C=O) groups is 2. The molecule has 5 rings (SSSR count). The van der Waals surface area contributed by atoms with Gasteiger partial charge in [-0.25, -0.2) is 0 Å². The van der Waals surface area contributed by atoms with Crippen LogP contribution in [-0.4, -0.2) is 64.0 Å². The lowest BCUT2D eigenvalue weighted by molar-refractivity contribution is -0.147. The lowest BCUT2D eigenvalue weighted by atomic mass is 9.87. The predicted molar refractivity (Wildman–Crippen MR) is 164 cm³/mol. The Kier molecular flexibility index (Phi) is 8.91. The molecule has 0 aromatic heterocycles. The average molecular weight is 575 g/mol. The molecule has 0 aliphatic carbocycles. The quantitative estimate of drug-likeness (QED) is 0.354. The maximum absolute atomic E-state index is 14.2. The summed E-state index contributed by atoms with van der Waals surface area (Å²) < 4.78 is 5.27. The summed E-state index contributed by atoms with van der Waals surface area (Å²) in [7, 11) is 1.61. The Morgan fingerprint density at radius 2 is 1.68 bits per heavy atom. The van der Waals surface area contributed by atoms with Crippen LogP contribution >= 0.6 is 24.0 Å². The smallest absolute Gasteiger partial charge is 0.250 e. The number of hydrogen-bond acceptors (Lipinski definition) is 5. The summed E-state index contributed by atoms with van der Waals surface area (Å²) in [6.07, 6.45) is 1.15. The predicted octanol–water partition coefficient (Wildman–Crippen LogP) is 4.86. The molecular formula is C31H34N4O3S2. The van der Waals surface area contributed by atoms with E-state index in [-0.39, 0.29) is 24.4 Å². The number of methoxy groups -OCH3 is 1. The second-order valence-electron chi connectivity index (χ2n) is 10.1. The third-order valence-corrected chi connectivity index (χ3v) is 8.97. The minimum absolute atomic E-state index is 0.0162. The highest BCUT2D eigenvalue weighted by Gasteiger charge is 2.47. The molecule has 0 saturated carbocycles. The van der Waals surface area contributed by atoms with Crippen LogP contribution in [0.4, 0.5) is 5.69 Å². The summed E-state index contributed by atoms with van der Waals surface area (Å²) in [4.78, 5) is 32.1. The molecule has 2 amide bonds. The number of rotatable bonds is 9. The number of benzene rings is 3. The van der Waals surface area contributed by atoms with E-state index in [2.05, 4.69) is 22.8 Å². The van der Waals surface area contributed by atoms with Crippen molar-refractivity contribution in [2.45, 2.75) is 31.0 Å². The number of ether oxygens (including phenoxy) is 1. The Morgan fingerprint density at radius 3 is 2.33 bits per heavy atom. The van der Waals surface area contributed by atoms with Gasteiger partial charge in [0.25, 0.3) is 0 Å². The van der Waals surface area contributed by atoms with Crippen molar-refractivity contribution in [3.05, 3.63) is 96.1 Å². The molecule has 2 fully saturated rings. The molecule has 2 aliphatic heterocycles. The molecule has 40 heavy (non-hydrogen) atoms. The number of hydrogen-bond donors (Lipinski definition) is 2. The van der Waals surface area contributed by atoms with E-state index in [1.807, 2.05) is 89.5 Å². The van der Waals surface area contributed by atoms with Crippen LogP contribution in [0, 0.1) is 0 Å². The molecule has 9 heteroatoms. The average Bonchev–Trinajstić information content (AvgIpc) is 3.37. The van der Waals surface area contributed by atoms with E-state index >= 15 is 0 Å². The fourth-order valence-electron chi connectivity index (χ4n) is 5.34. The lowest BCUT2D eigenvalue weighted by Gasteiger charge is -2.45. The first kappa shape index (κ1) is 28.0. The summed E-state index contributed by atoms with van der Waals surface area (Å²) >= 11 is 7.46. The van der Waals surface area contributed by atoms with Crippen LogP contribution in [0.1, 0.15) is 30.0 Å². The van der Waals surface area contributed by atoms with Crippen molar-refractivity contribution >= 4 is 46.6 Å². The van der Waals surface area contributed by atoms with Crippen molar-refractivity contribution in [2.75, 3.05) is 37.0 Å². The molecule has 0 unspecified atom stereocenters. The van der Waals surface area contributed by atoms with Gasteiger partial charge in [-0.15, -0.1) is 0 Å². The number of thiocarbonyl (C=S) groups is 1. The number of nitrogens with one attached hydrogen (secondary N) is 2. The number of amides is 2. The van der Waals surface area contributed by atoms with Gasteiger partial charge >= 0.3 is 0 Å². The van der Waals surface area contributed by atoms with Crippen molar-refractivity contribution in [1.82, 2.24) is 15.1 Å². The Balaban J connectivity index is 1.42. The van der Waals surface area contributed by atoms with Gasteiger partial charge in [0.2, 0.25) is 11.8 Å². The zero-order valence-corrected chi connectivity index (χ0v) is 24.2. The maximum atomic E-state index is 14.2. The van der Waals surface area contributed by atoms with E-state index in [1.165, 1.54) is 0 Å². The zero-order valence-electron chi connectivity index (χ0n) is 22.5. The number of thioether (sulfide) groups is 1. The summed E-state index contributed by atoms with van der Waals surface area (Å²) in [5.74, 6) is 2.04. The molecule has 7 nitrogen and oxygen atoms in total. The Morgan fingerprint density at radius 1 is 1.02 bits per heavy atom. The number of nitrogens with zero attached hydrogens (tertiary/aromatic N) is 2. The van der Waals surface area contributed by atoms with Crippen LogP contribution < -0.4 is 15.4 Å². The fourth-order valence-corrected chi connectivity index (χ4v) is 6.79. The second kappa shape index (κ2) is 12.7. The van der Waals surface area contributed by atoms with Crippen LogP contribution in [0.15, 0.2) is 84.9 Å². The van der Waals surface area contributed by atoms with Crippen molar-refractivity contribution in [1.29, 1.82) is 0 Å². The standard InChI is InChI=1S/C31H34N4O3S2/c1-38-26-14-12-25(13-15-26)32-29(37)31(16-18-40-19-17-31)35(20-23-8-4-2-5-9-23)28(36)22-34-21-27(33-30(34)39)24-10-6-3-7-11-24/h2-15,27H,16-22H2,1H3,(H,32,37)(H,33,39)/t27-/m1/s1. The first-order valence-electron chi connectivity index (χ1n) is 13.5. The van der Waals surface area contributed by atoms with Crippen molar-refractivity contribution in [2.24, 2.45) is 0 Å². The SMILES string of the molecule is COc1ccc(NC(=O)C2(N(Cc3ccccc3)C(=O)CN3C[C@H](c4ccccc4)NC3=S)CCSCC2)cc1. The van der Waals surface area contributed by atoms with Gasteiger partial charge < -0.3 is 25.2 Å². The minimum Gasteiger partial charge on any atom is -0.497 e. The molecule has 3 aromatic carbocycles. The van der Waals surface area contributed by atoms with Gasteiger partial charge in [-0.2, -0.15) is 11.8 Å². The van der Waals surface area contributed by atoms with E-state index in [0.29, 0.717) is 42.5 Å². The number of anilines is 1. The van der Waals surface area contributed by atoms with E-state index in [4.69, 9.17) is 17.0 Å². The Labute approximate surface area is 245 Å². The minimum atomic E-state index is -0.980. The Bertz CT molecular complexity index is 1320. The zero-order chi connectivity index (χ0) is 28.0. The topological polar surface area (TPSA) is 73.9 Å². The van der Waals surface area contributed by atoms with Crippen LogP contribution in [0.5, 0.6) is 5.75 Å². The van der Waals surface area contributed by atoms with Gasteiger partial charge in [0.05, 0.1) is 19.7 Å². The van der Waals surface area contributed by atoms with Gasteiger partial charge in [-0.05, 0) is 72.0 Å². The molecule has 1 atom stereocenters. The first-order valence-corrected chi connectivity index (χ1v) is 15.0. The van der Waals surface area contributed by atoms with E-state index < -0.39 is 5.54 Å². The van der Waals surface area contributed by atoms with Crippen molar-refractivity contribution in [3.63, 3.8) is 0 Å². The maximum Gasteiger partial charge on any atom is 0.250 e. The normalized spacial score (nSPS) is 18.1. The number of carbonyl (C=O) groups excluding carboxylic acids is 2. The van der Waals surface area contributed by atoms with E-state index in [1.54, 1.807) is 12.0 Å². The summed E-state index contributed by atoms with van der Waals surface area (Å²) in [5, 5.41) is 7.02. The molecule has 0 spiro atoms. The van der Waals surface area contributed by atoms with Gasteiger partial charge in [-0.3, -0.25) is 9.59 Å². The monoisotopic (exact) mass is 574 g/mol. The molecular weight excluding hydrogens is 541 g/mol. The van der Waals surface area contributed by atoms with Crippen LogP contribution in [-0.2, 0) is 16.1 Å². The molecule has 2 saturated heterocycles. The van der Waals surface area contributed by atoms with Crippen molar-refractivity contribution < 1.29 is 14.3 Å². The van der Waals surface area contributed by atoms with Crippen LogP contribution in [0.2, 0.25) is 0 Å². The van der Waals surface area contributed by atoms with Gasteiger partial charge in [0.15, 0.2) is 5.11 Å². The summed E-state index contributed by atoms with van der Waals surface area (Å²) in [5.41, 5.74) is 1.80. The second-order valence-corrected chi connectivity index (χ2v) is 11.7. The van der Waals surface area contributed by atoms with E-state index in [0.717, 1.165) is 22.6 Å². The highest BCUT2D eigenvalue weighted by Crippen LogP contribution is 2.36. The molecule has 0 bridgehead atoms. The van der Waals surface area contributed by atoms with E-state index in [9.17, 15) is 9.59 Å². The van der Waals surface area contributed by atoms with Gasteiger partial charge in [-0.1, -0.05) is 60.7 Å². The van der Waals surface area contributed by atoms with Crippen molar-refractivity contribution in [3.8, 4) is 5.75 Å². The third-order valence-electron chi connectivity index (χ3n) is 7.61. The Hall–Kier alpha value is -3.56. The molecule has 2 aliphatic rings. The highest BCUT2D eigenvalue weighted by molar-refractivity contribution is 7.99. The van der Waals surface area contributed by atoms with Gasteiger partial charge in [0.1, 0.15) is 11.3 Å². The fraction of sp³-hybridized carbons (Fsp3) is 0.323.